The molecule has 18 heteroatoms. The quantitative estimate of drug-likeness (QED) is 0.114. The fourth-order valence-electron chi connectivity index (χ4n) is 4.01. The molecule has 3 heterocycles. The van der Waals surface area contributed by atoms with Crippen molar-refractivity contribution in [1.29, 1.82) is 0 Å². The molecule has 0 atom stereocenters. The fourth-order valence-corrected chi connectivity index (χ4v) is 4.64. The summed E-state index contributed by atoms with van der Waals surface area (Å²) in [4.78, 5) is 39.0. The van der Waals surface area contributed by atoms with Crippen LogP contribution in [0.4, 0.5) is 36.3 Å². The molecule has 0 spiro atoms. The number of nitrogens with zero attached hydrogens (tertiary/aromatic N) is 7. The van der Waals surface area contributed by atoms with Gasteiger partial charge in [-0.05, 0) is 72.1 Å². The van der Waals surface area contributed by atoms with E-state index in [9.17, 15) is 28.1 Å². The lowest BCUT2D eigenvalue weighted by molar-refractivity contribution is -0.898. The van der Waals surface area contributed by atoms with Gasteiger partial charge in [0.1, 0.15) is 24.5 Å². The zero-order chi connectivity index (χ0) is 30.8. The number of nitrogens with one attached hydrogen (secondary N) is 2. The zero-order valence-electron chi connectivity index (χ0n) is 22.7. The molecule has 0 fully saturated rings. The standard InChI is InChI=1S/C25H22Br2F3N9O3.BrH/c1-37-19(23(38(41)42)36-24(37)25(28,29)30)12-39(2,3)8-4-5-21(40)35-20-10-15-18(11-31-20)32-13-33-22(15)34-14-6-7-16(26)17(27)9-14;/h4-7,9-11,13H,8,12H2,1-3H3,(H-,31,32,33,34,35,40);1H/b5-4+;. The monoisotopic (exact) mass is 791 g/mol. The van der Waals surface area contributed by atoms with E-state index in [0.29, 0.717) is 21.3 Å². The third kappa shape index (κ3) is 8.33. The van der Waals surface area contributed by atoms with Crippen molar-refractivity contribution in [2.75, 3.05) is 31.3 Å². The number of hydrogen-bond acceptors (Lipinski definition) is 8. The molecule has 0 saturated heterocycles. The van der Waals surface area contributed by atoms with Gasteiger partial charge in [-0.3, -0.25) is 9.36 Å². The zero-order valence-corrected chi connectivity index (χ0v) is 27.4. The highest BCUT2D eigenvalue weighted by atomic mass is 79.9. The van der Waals surface area contributed by atoms with Crippen molar-refractivity contribution < 1.29 is 44.4 Å². The van der Waals surface area contributed by atoms with Crippen molar-refractivity contribution in [3.63, 3.8) is 0 Å². The van der Waals surface area contributed by atoms with E-state index in [1.807, 2.05) is 18.2 Å². The van der Waals surface area contributed by atoms with Crippen LogP contribution in [0, 0.1) is 10.1 Å². The topological polar surface area (TPSA) is 141 Å². The predicted molar refractivity (Wildman–Crippen MR) is 156 cm³/mol. The van der Waals surface area contributed by atoms with Crippen LogP contribution in [-0.2, 0) is 24.6 Å². The number of halogens is 6. The number of amides is 1. The fraction of sp³-hybridized carbons (Fsp3) is 0.240. The molecule has 0 aliphatic rings. The summed E-state index contributed by atoms with van der Waals surface area (Å²) in [7, 11) is 4.41. The summed E-state index contributed by atoms with van der Waals surface area (Å²) in [6.45, 7) is 0.0334. The molecule has 0 saturated carbocycles. The first-order valence-corrected chi connectivity index (χ1v) is 13.6. The molecule has 4 rings (SSSR count). The summed E-state index contributed by atoms with van der Waals surface area (Å²) >= 11 is 6.89. The second-order valence-electron chi connectivity index (χ2n) is 9.75. The first-order chi connectivity index (χ1) is 19.6. The maximum atomic E-state index is 13.3. The molecule has 4 aromatic rings. The number of fused-ring (bicyclic) bond motifs is 1. The smallest absolute Gasteiger partial charge is 0.475 e. The van der Waals surface area contributed by atoms with Gasteiger partial charge in [-0.1, -0.05) is 0 Å². The second kappa shape index (κ2) is 13.4. The van der Waals surface area contributed by atoms with Gasteiger partial charge in [0.25, 0.3) is 0 Å². The van der Waals surface area contributed by atoms with Crippen molar-refractivity contribution in [3.05, 3.63) is 79.5 Å². The number of aromatic nitrogens is 5. The number of anilines is 3. The molecule has 43 heavy (non-hydrogen) atoms. The number of hydrogen-bond donors (Lipinski definition) is 2. The lowest BCUT2D eigenvalue weighted by Gasteiger charge is -2.28. The maximum Gasteiger partial charge on any atom is 0.475 e. The minimum atomic E-state index is -4.84. The van der Waals surface area contributed by atoms with Crippen molar-refractivity contribution in [1.82, 2.24) is 24.5 Å². The van der Waals surface area contributed by atoms with Crippen molar-refractivity contribution >= 4 is 71.8 Å². The molecule has 0 aliphatic heterocycles. The Hall–Kier alpha value is -3.48. The molecule has 228 valence electrons. The summed E-state index contributed by atoms with van der Waals surface area (Å²) < 4.78 is 42.2. The van der Waals surface area contributed by atoms with Crippen LogP contribution in [0.2, 0.25) is 0 Å². The number of pyridine rings is 1. The van der Waals surface area contributed by atoms with Gasteiger partial charge in [0.15, 0.2) is 5.69 Å². The van der Waals surface area contributed by atoms with Gasteiger partial charge in [0, 0.05) is 33.1 Å². The van der Waals surface area contributed by atoms with Crippen LogP contribution in [0.5, 0.6) is 0 Å². The SMILES string of the molecule is Cn1c(C(F)(F)F)nc([N+](=O)[O-])c1C[N+](C)(C)C/C=C/C(=O)Nc1cc2c(Nc3ccc(Br)c(Br)c3)ncnc2cn1.[Br-]. The van der Waals surface area contributed by atoms with E-state index >= 15 is 0 Å². The number of carbonyl (C=O) groups excluding carboxylic acids is 1. The predicted octanol–water partition coefficient (Wildman–Crippen LogP) is 2.73. The van der Waals surface area contributed by atoms with E-state index in [1.165, 1.54) is 24.7 Å². The van der Waals surface area contributed by atoms with Crippen LogP contribution in [0.3, 0.4) is 0 Å². The van der Waals surface area contributed by atoms with Gasteiger partial charge in [0.2, 0.25) is 5.91 Å². The number of quaternary nitrogens is 1. The largest absolute Gasteiger partial charge is 1.00 e. The van der Waals surface area contributed by atoms with E-state index < -0.39 is 28.6 Å². The molecule has 0 unspecified atom stereocenters. The van der Waals surface area contributed by atoms with Crippen LogP contribution in [0.15, 0.2) is 57.9 Å². The van der Waals surface area contributed by atoms with Crippen molar-refractivity contribution in [3.8, 4) is 0 Å². The van der Waals surface area contributed by atoms with Crippen LogP contribution >= 0.6 is 31.9 Å². The van der Waals surface area contributed by atoms with Crippen molar-refractivity contribution in [2.45, 2.75) is 12.7 Å². The Morgan fingerprint density at radius 3 is 2.53 bits per heavy atom. The highest BCUT2D eigenvalue weighted by molar-refractivity contribution is 9.13. The van der Waals surface area contributed by atoms with Crippen LogP contribution in [-0.4, -0.2) is 60.5 Å². The van der Waals surface area contributed by atoms with Gasteiger partial charge in [-0.25, -0.2) is 15.0 Å². The third-order valence-corrected chi connectivity index (χ3v) is 7.90. The third-order valence-electron chi connectivity index (χ3n) is 6.02. The van der Waals surface area contributed by atoms with Crippen molar-refractivity contribution in [2.24, 2.45) is 7.05 Å². The lowest BCUT2D eigenvalue weighted by atomic mass is 10.2. The summed E-state index contributed by atoms with van der Waals surface area (Å²) in [6.07, 6.45) is 0.818. The number of imidazole rings is 1. The van der Waals surface area contributed by atoms with E-state index in [-0.39, 0.29) is 46.1 Å². The first kappa shape index (κ1) is 34.0. The highest BCUT2D eigenvalue weighted by Gasteiger charge is 2.45. The Bertz CT molecular complexity index is 1710. The number of benzene rings is 1. The number of rotatable bonds is 9. The van der Waals surface area contributed by atoms with Gasteiger partial charge < -0.3 is 42.2 Å². The summed E-state index contributed by atoms with van der Waals surface area (Å²) in [5.74, 6) is -1.97. The molecular formula is C25H23Br3F3N9O3. The second-order valence-corrected chi connectivity index (χ2v) is 11.5. The lowest BCUT2D eigenvalue weighted by Crippen LogP contribution is -3.00. The van der Waals surface area contributed by atoms with E-state index in [2.05, 4.69) is 62.4 Å². The van der Waals surface area contributed by atoms with Crippen LogP contribution in [0.25, 0.3) is 10.9 Å². The highest BCUT2D eigenvalue weighted by Crippen LogP contribution is 2.33. The average molecular weight is 794 g/mol. The van der Waals surface area contributed by atoms with Gasteiger partial charge in [0.05, 0.1) is 32.4 Å². The number of carbonyl (C=O) groups is 1. The molecule has 2 N–H and O–H groups in total. The number of likely N-dealkylation sites (N-methyl/N-ethyl adjacent to an activating group) is 1. The molecule has 0 radical (unpaired) electrons. The molecule has 12 nitrogen and oxygen atoms in total. The van der Waals surface area contributed by atoms with E-state index in [4.69, 9.17) is 0 Å². The van der Waals surface area contributed by atoms with Crippen LogP contribution in [0.1, 0.15) is 11.5 Å². The first-order valence-electron chi connectivity index (χ1n) is 12.0. The molecule has 3 aromatic heterocycles. The average Bonchev–Trinajstić information content (AvgIpc) is 3.22. The molecular weight excluding hydrogens is 771 g/mol. The Labute approximate surface area is 270 Å². The molecule has 1 aromatic carbocycles. The minimum absolute atomic E-state index is 0. The van der Waals surface area contributed by atoms with E-state index in [1.54, 1.807) is 20.2 Å². The Balaban J connectivity index is 0.00000506. The van der Waals surface area contributed by atoms with Gasteiger partial charge >= 0.3 is 17.8 Å². The molecule has 0 bridgehead atoms. The van der Waals surface area contributed by atoms with E-state index in [0.717, 1.165) is 21.7 Å². The normalized spacial score (nSPS) is 11.9. The number of nitro groups is 1. The van der Waals surface area contributed by atoms with Crippen LogP contribution < -0.4 is 27.6 Å². The summed E-state index contributed by atoms with van der Waals surface area (Å²) in [6, 6.07) is 7.22. The molecule has 0 aliphatic carbocycles. The minimum Gasteiger partial charge on any atom is -1.00 e. The van der Waals surface area contributed by atoms with Gasteiger partial charge in [-0.2, -0.15) is 13.2 Å². The Morgan fingerprint density at radius 2 is 1.88 bits per heavy atom. The summed E-state index contributed by atoms with van der Waals surface area (Å²) in [5, 5.41) is 17.9. The Kier molecular flexibility index (Phi) is 10.6. The molecule has 1 amide bonds. The van der Waals surface area contributed by atoms with Gasteiger partial charge in [-0.15, -0.1) is 0 Å². The number of alkyl halides is 3. The summed E-state index contributed by atoms with van der Waals surface area (Å²) in [5.41, 5.74) is 1.13. The Morgan fingerprint density at radius 1 is 1.16 bits per heavy atom. The maximum absolute atomic E-state index is 13.3.